The van der Waals surface area contributed by atoms with Crippen LogP contribution in [-0.2, 0) is 22.0 Å². The summed E-state index contributed by atoms with van der Waals surface area (Å²) in [4.78, 5) is 12.1. The molecule has 0 spiro atoms. The Balaban J connectivity index is 3.31. The quantitative estimate of drug-likeness (QED) is 0.799. The molecule has 4 N–H and O–H groups in total. The van der Waals surface area contributed by atoms with Gasteiger partial charge in [0.2, 0.25) is 5.91 Å². The minimum absolute atomic E-state index is 0.161. The summed E-state index contributed by atoms with van der Waals surface area (Å²) < 4.78 is 0. The van der Waals surface area contributed by atoms with Crippen LogP contribution >= 0.6 is 0 Å². The summed E-state index contributed by atoms with van der Waals surface area (Å²) in [5, 5.41) is 13.3. The highest BCUT2D eigenvalue weighted by Gasteiger charge is 2.26. The Labute approximate surface area is 139 Å². The van der Waals surface area contributed by atoms with Gasteiger partial charge in [0.1, 0.15) is 5.75 Å². The van der Waals surface area contributed by atoms with Crippen molar-refractivity contribution >= 4 is 5.91 Å². The molecule has 128 valence electrons. The molecule has 1 amide bonds. The Morgan fingerprint density at radius 1 is 1.13 bits per heavy atom. The lowest BCUT2D eigenvalue weighted by Gasteiger charge is -2.28. The van der Waals surface area contributed by atoms with Crippen LogP contribution in [0.3, 0.4) is 0 Å². The van der Waals surface area contributed by atoms with Gasteiger partial charge in [0.05, 0.1) is 12.2 Å². The third kappa shape index (κ3) is 5.02. The molecule has 0 atom stereocenters. The van der Waals surface area contributed by atoms with Crippen LogP contribution < -0.4 is 11.1 Å². The van der Waals surface area contributed by atoms with E-state index in [-0.39, 0.29) is 23.2 Å². The van der Waals surface area contributed by atoms with Crippen molar-refractivity contribution < 1.29 is 9.90 Å². The summed E-state index contributed by atoms with van der Waals surface area (Å²) in [6.07, 6.45) is 1.87. The van der Waals surface area contributed by atoms with Gasteiger partial charge in [-0.3, -0.25) is 4.79 Å². The molecule has 0 fully saturated rings. The first kappa shape index (κ1) is 19.1. The maximum Gasteiger partial charge on any atom is 0.229 e. The number of hydrogen-bond acceptors (Lipinski definition) is 3. The van der Waals surface area contributed by atoms with E-state index in [1.165, 1.54) is 0 Å². The number of carbonyl (C=O) groups is 1. The van der Waals surface area contributed by atoms with Crippen molar-refractivity contribution in [3.05, 3.63) is 40.7 Å². The van der Waals surface area contributed by atoms with Gasteiger partial charge in [0.25, 0.3) is 0 Å². The molecular weight excluding hydrogens is 288 g/mol. The Bertz CT molecular complexity index is 582. The lowest BCUT2D eigenvalue weighted by molar-refractivity contribution is -0.119. The number of benzene rings is 1. The van der Waals surface area contributed by atoms with Gasteiger partial charge in [-0.15, -0.1) is 0 Å². The van der Waals surface area contributed by atoms with E-state index in [2.05, 4.69) is 46.9 Å². The Kier molecular flexibility index (Phi) is 5.51. The van der Waals surface area contributed by atoms with Crippen molar-refractivity contribution in [1.82, 2.24) is 5.32 Å². The van der Waals surface area contributed by atoms with Crippen LogP contribution in [-0.4, -0.2) is 11.0 Å². The molecule has 0 unspecified atom stereocenters. The second-order valence-electron chi connectivity index (χ2n) is 8.01. The van der Waals surface area contributed by atoms with Crippen LogP contribution in [0.1, 0.15) is 65.2 Å². The fraction of sp³-hybridized carbons (Fsp3) is 0.526. The molecule has 0 aliphatic rings. The smallest absolute Gasteiger partial charge is 0.229 e. The molecule has 0 saturated carbocycles. The zero-order chi connectivity index (χ0) is 18.0. The first-order valence-corrected chi connectivity index (χ1v) is 7.94. The number of hydrogen-bond donors (Lipinski definition) is 3. The first-order chi connectivity index (χ1) is 10.4. The standard InChI is InChI=1S/C19H30N2O2/c1-8-15(20)21-16(22)11-12-9-13(18(2,3)4)17(23)14(10-12)19(5,6)7/h8-10,23H,11,20H2,1-7H3,(H,21,22). The highest BCUT2D eigenvalue weighted by molar-refractivity contribution is 5.80. The fourth-order valence-corrected chi connectivity index (χ4v) is 2.40. The van der Waals surface area contributed by atoms with Crippen LogP contribution in [0.15, 0.2) is 24.0 Å². The van der Waals surface area contributed by atoms with Gasteiger partial charge in [-0.2, -0.15) is 0 Å². The predicted molar refractivity (Wildman–Crippen MR) is 95.3 cm³/mol. The largest absolute Gasteiger partial charge is 0.507 e. The third-order valence-electron chi connectivity index (χ3n) is 3.75. The second-order valence-corrected chi connectivity index (χ2v) is 8.01. The topological polar surface area (TPSA) is 75.3 Å². The maximum atomic E-state index is 12.1. The molecule has 0 radical (unpaired) electrons. The van der Waals surface area contributed by atoms with Crippen LogP contribution in [0.2, 0.25) is 0 Å². The van der Waals surface area contributed by atoms with Crippen molar-refractivity contribution in [3.8, 4) is 5.75 Å². The number of rotatable bonds is 3. The molecule has 4 nitrogen and oxygen atoms in total. The average molecular weight is 318 g/mol. The zero-order valence-corrected chi connectivity index (χ0v) is 15.4. The molecule has 0 aliphatic carbocycles. The Morgan fingerprint density at radius 3 is 1.91 bits per heavy atom. The van der Waals surface area contributed by atoms with Crippen molar-refractivity contribution in [2.24, 2.45) is 5.73 Å². The van der Waals surface area contributed by atoms with Crippen molar-refractivity contribution in [3.63, 3.8) is 0 Å². The third-order valence-corrected chi connectivity index (χ3v) is 3.75. The lowest BCUT2D eigenvalue weighted by Crippen LogP contribution is -2.29. The predicted octanol–water partition coefficient (Wildman–Crippen LogP) is 3.47. The molecule has 1 rings (SSSR count). The van der Waals surface area contributed by atoms with Crippen LogP contribution in [0.4, 0.5) is 0 Å². The van der Waals surface area contributed by atoms with Gasteiger partial charge in [0, 0.05) is 0 Å². The van der Waals surface area contributed by atoms with E-state index in [1.54, 1.807) is 13.0 Å². The number of allylic oxidation sites excluding steroid dienone is 1. The van der Waals surface area contributed by atoms with E-state index in [0.717, 1.165) is 16.7 Å². The first-order valence-electron chi connectivity index (χ1n) is 7.94. The fourth-order valence-electron chi connectivity index (χ4n) is 2.40. The lowest BCUT2D eigenvalue weighted by atomic mass is 9.78. The molecule has 1 aromatic rings. The monoisotopic (exact) mass is 318 g/mol. The normalized spacial score (nSPS) is 13.1. The van der Waals surface area contributed by atoms with Gasteiger partial charge < -0.3 is 16.2 Å². The van der Waals surface area contributed by atoms with Gasteiger partial charge >= 0.3 is 0 Å². The van der Waals surface area contributed by atoms with Crippen molar-refractivity contribution in [2.45, 2.75) is 65.7 Å². The van der Waals surface area contributed by atoms with E-state index in [4.69, 9.17) is 5.73 Å². The van der Waals surface area contributed by atoms with Gasteiger partial charge in [-0.1, -0.05) is 53.7 Å². The minimum atomic E-state index is -0.209. The zero-order valence-electron chi connectivity index (χ0n) is 15.4. The SMILES string of the molecule is CC=C(N)NC(=O)Cc1cc(C(C)(C)C)c(O)c(C(C)(C)C)c1. The number of phenolic OH excluding ortho intramolecular Hbond substituents is 1. The van der Waals surface area contributed by atoms with E-state index >= 15 is 0 Å². The number of carbonyl (C=O) groups excluding carboxylic acids is 1. The summed E-state index contributed by atoms with van der Waals surface area (Å²) in [6.45, 7) is 14.1. The number of nitrogens with one attached hydrogen (secondary N) is 1. The molecule has 0 aliphatic heterocycles. The van der Waals surface area contributed by atoms with Crippen LogP contribution in [0.25, 0.3) is 0 Å². The van der Waals surface area contributed by atoms with Crippen LogP contribution in [0.5, 0.6) is 5.75 Å². The molecule has 23 heavy (non-hydrogen) atoms. The van der Waals surface area contributed by atoms with Crippen LogP contribution in [0, 0.1) is 0 Å². The highest BCUT2D eigenvalue weighted by atomic mass is 16.3. The molecule has 0 saturated heterocycles. The summed E-state index contributed by atoms with van der Waals surface area (Å²) in [6, 6.07) is 3.83. The average Bonchev–Trinajstić information content (AvgIpc) is 2.37. The minimum Gasteiger partial charge on any atom is -0.507 e. The molecular formula is C19H30N2O2. The summed E-state index contributed by atoms with van der Waals surface area (Å²) in [5.41, 5.74) is 7.80. The number of amides is 1. The molecule has 0 bridgehead atoms. The van der Waals surface area contributed by atoms with Crippen molar-refractivity contribution in [2.75, 3.05) is 0 Å². The van der Waals surface area contributed by atoms with Crippen molar-refractivity contribution in [1.29, 1.82) is 0 Å². The number of phenols is 1. The summed E-state index contributed by atoms with van der Waals surface area (Å²) in [7, 11) is 0. The Hall–Kier alpha value is -1.97. The van der Waals surface area contributed by atoms with E-state index < -0.39 is 0 Å². The molecule has 4 heteroatoms. The van der Waals surface area contributed by atoms with E-state index in [1.807, 2.05) is 12.1 Å². The number of nitrogens with two attached hydrogens (primary N) is 1. The Morgan fingerprint density at radius 2 is 1.57 bits per heavy atom. The second kappa shape index (κ2) is 6.65. The molecule has 1 aromatic carbocycles. The summed E-state index contributed by atoms with van der Waals surface area (Å²) in [5.74, 6) is 0.508. The summed E-state index contributed by atoms with van der Waals surface area (Å²) >= 11 is 0. The molecule has 0 heterocycles. The van der Waals surface area contributed by atoms with Gasteiger partial charge in [-0.25, -0.2) is 0 Å². The highest BCUT2D eigenvalue weighted by Crippen LogP contribution is 2.39. The molecule has 0 aromatic heterocycles. The van der Waals surface area contributed by atoms with E-state index in [9.17, 15) is 9.90 Å². The van der Waals surface area contributed by atoms with E-state index in [0.29, 0.717) is 11.6 Å². The van der Waals surface area contributed by atoms with Gasteiger partial charge in [-0.05, 0) is 40.5 Å². The maximum absolute atomic E-state index is 12.1. The number of aromatic hydroxyl groups is 1. The van der Waals surface area contributed by atoms with Gasteiger partial charge in [0.15, 0.2) is 0 Å².